The number of carbonyl (C=O) groups is 1. The Bertz CT molecular complexity index is 1290. The van der Waals surface area contributed by atoms with Crippen molar-refractivity contribution in [2.75, 3.05) is 24.6 Å². The van der Waals surface area contributed by atoms with Crippen molar-refractivity contribution in [1.29, 1.82) is 0 Å². The molecular formula is C27H33N3O3S. The summed E-state index contributed by atoms with van der Waals surface area (Å²) < 4.78 is 25.8. The van der Waals surface area contributed by atoms with Crippen LogP contribution in [0.5, 0.6) is 0 Å². The number of para-hydroxylation sites is 1. The van der Waals surface area contributed by atoms with Gasteiger partial charge in [-0.1, -0.05) is 42.5 Å². The fourth-order valence-corrected chi connectivity index (χ4v) is 7.03. The van der Waals surface area contributed by atoms with E-state index in [0.717, 1.165) is 39.0 Å². The Kier molecular flexibility index (Phi) is 6.49. The maximum atomic E-state index is 12.7. The molecular weight excluding hydrogens is 446 g/mol. The summed E-state index contributed by atoms with van der Waals surface area (Å²) in [7, 11) is -2.98. The fourth-order valence-electron chi connectivity index (χ4n) is 5.35. The number of likely N-dealkylation sites (tertiary alicyclic amines) is 1. The molecule has 1 amide bonds. The van der Waals surface area contributed by atoms with Crippen LogP contribution in [0, 0.1) is 12.8 Å². The number of aryl methyl sites for hydroxylation is 1. The number of amides is 1. The molecule has 0 saturated carbocycles. The summed E-state index contributed by atoms with van der Waals surface area (Å²) in [5.74, 6) is 0.267. The molecule has 2 aliphatic rings. The Morgan fingerprint density at radius 1 is 1.00 bits per heavy atom. The first-order valence-corrected chi connectivity index (χ1v) is 14.0. The minimum Gasteiger partial charge on any atom is -0.352 e. The van der Waals surface area contributed by atoms with Crippen molar-refractivity contribution in [1.82, 2.24) is 14.8 Å². The Morgan fingerprint density at radius 3 is 2.47 bits per heavy atom. The quantitative estimate of drug-likeness (QED) is 0.587. The number of benzene rings is 2. The summed E-state index contributed by atoms with van der Waals surface area (Å²) >= 11 is 0. The molecule has 1 atom stereocenters. The zero-order chi connectivity index (χ0) is 23.7. The van der Waals surface area contributed by atoms with Gasteiger partial charge in [0.2, 0.25) is 5.91 Å². The van der Waals surface area contributed by atoms with E-state index < -0.39 is 9.84 Å². The predicted molar refractivity (Wildman–Crippen MR) is 135 cm³/mol. The first kappa shape index (κ1) is 23.1. The van der Waals surface area contributed by atoms with Crippen LogP contribution < -0.4 is 5.32 Å². The molecule has 0 bridgehead atoms. The van der Waals surface area contributed by atoms with Gasteiger partial charge in [0.1, 0.15) is 0 Å². The van der Waals surface area contributed by atoms with Crippen LogP contribution in [0.1, 0.15) is 36.1 Å². The second-order valence-corrected chi connectivity index (χ2v) is 12.1. The average Bonchev–Trinajstić information content (AvgIpc) is 3.34. The van der Waals surface area contributed by atoms with Crippen LogP contribution >= 0.6 is 0 Å². The summed E-state index contributed by atoms with van der Waals surface area (Å²) in [5.41, 5.74) is 5.17. The zero-order valence-corrected chi connectivity index (χ0v) is 20.6. The summed E-state index contributed by atoms with van der Waals surface area (Å²) in [5, 5.41) is 4.24. The van der Waals surface area contributed by atoms with Gasteiger partial charge in [0.25, 0.3) is 0 Å². The van der Waals surface area contributed by atoms with E-state index in [1.807, 2.05) is 0 Å². The Morgan fingerprint density at radius 2 is 1.74 bits per heavy atom. The van der Waals surface area contributed by atoms with Gasteiger partial charge in [0.15, 0.2) is 9.84 Å². The molecule has 3 heterocycles. The third-order valence-electron chi connectivity index (χ3n) is 7.41. The molecule has 180 valence electrons. The fraction of sp³-hybridized carbons (Fsp3) is 0.444. The molecule has 34 heavy (non-hydrogen) atoms. The van der Waals surface area contributed by atoms with Crippen LogP contribution in [0.15, 0.2) is 54.6 Å². The lowest BCUT2D eigenvalue weighted by Gasteiger charge is -2.32. The number of sulfone groups is 1. The molecule has 2 fully saturated rings. The number of rotatable bonds is 6. The molecule has 0 radical (unpaired) electrons. The van der Waals surface area contributed by atoms with Gasteiger partial charge >= 0.3 is 0 Å². The maximum absolute atomic E-state index is 12.7. The second-order valence-electron chi connectivity index (χ2n) is 9.87. The molecule has 5 rings (SSSR count). The van der Waals surface area contributed by atoms with Crippen LogP contribution in [-0.4, -0.2) is 54.4 Å². The number of nitrogens with zero attached hydrogens (tertiary/aromatic N) is 2. The lowest BCUT2D eigenvalue weighted by Crippen LogP contribution is -2.44. The first-order valence-electron chi connectivity index (χ1n) is 12.2. The number of piperidine rings is 1. The third kappa shape index (κ3) is 5.05. The Labute approximate surface area is 201 Å². The summed E-state index contributed by atoms with van der Waals surface area (Å²) in [6.45, 7) is 5.60. The number of carbonyl (C=O) groups excluding carboxylic acids is 1. The van der Waals surface area contributed by atoms with Crippen molar-refractivity contribution in [2.45, 2.75) is 45.3 Å². The number of aromatic nitrogens is 1. The van der Waals surface area contributed by atoms with Gasteiger partial charge in [-0.25, -0.2) is 8.42 Å². The molecule has 1 unspecified atom stereocenters. The van der Waals surface area contributed by atoms with Crippen LogP contribution in [0.25, 0.3) is 10.9 Å². The SMILES string of the molecule is Cc1ccccc1Cn1c(CN2CCC(C(=O)NC3CCS(=O)(=O)C3)CC2)cc2ccccc21. The molecule has 2 aromatic carbocycles. The van der Waals surface area contributed by atoms with Gasteiger partial charge in [-0.05, 0) is 67.9 Å². The van der Waals surface area contributed by atoms with Crippen LogP contribution in [0.3, 0.4) is 0 Å². The predicted octanol–water partition coefficient (Wildman–Crippen LogP) is 3.51. The summed E-state index contributed by atoms with van der Waals surface area (Å²) in [4.78, 5) is 15.1. The average molecular weight is 480 g/mol. The van der Waals surface area contributed by atoms with E-state index in [0.29, 0.717) is 6.42 Å². The van der Waals surface area contributed by atoms with Crippen molar-refractivity contribution in [2.24, 2.45) is 5.92 Å². The molecule has 0 aliphatic carbocycles. The number of fused-ring (bicyclic) bond motifs is 1. The van der Waals surface area contributed by atoms with E-state index in [-0.39, 0.29) is 29.4 Å². The largest absolute Gasteiger partial charge is 0.352 e. The topological polar surface area (TPSA) is 71.4 Å². The Hall–Kier alpha value is -2.64. The minimum atomic E-state index is -2.98. The van der Waals surface area contributed by atoms with Gasteiger partial charge in [0.05, 0.1) is 11.5 Å². The van der Waals surface area contributed by atoms with E-state index in [4.69, 9.17) is 0 Å². The van der Waals surface area contributed by atoms with Gasteiger partial charge in [-0.15, -0.1) is 0 Å². The van der Waals surface area contributed by atoms with Gasteiger partial charge < -0.3 is 9.88 Å². The van der Waals surface area contributed by atoms with E-state index in [1.54, 1.807) is 0 Å². The third-order valence-corrected chi connectivity index (χ3v) is 9.18. The molecule has 1 aromatic heterocycles. The highest BCUT2D eigenvalue weighted by atomic mass is 32.2. The van der Waals surface area contributed by atoms with Crippen LogP contribution in [-0.2, 0) is 27.7 Å². The highest BCUT2D eigenvalue weighted by molar-refractivity contribution is 7.91. The van der Waals surface area contributed by atoms with Gasteiger partial charge in [-0.2, -0.15) is 0 Å². The monoisotopic (exact) mass is 479 g/mol. The molecule has 6 nitrogen and oxygen atoms in total. The van der Waals surface area contributed by atoms with Crippen LogP contribution in [0.4, 0.5) is 0 Å². The van der Waals surface area contributed by atoms with Gasteiger partial charge in [0, 0.05) is 36.3 Å². The molecule has 2 saturated heterocycles. The number of hydrogen-bond donors (Lipinski definition) is 1. The van der Waals surface area contributed by atoms with Crippen molar-refractivity contribution in [3.63, 3.8) is 0 Å². The molecule has 2 aliphatic heterocycles. The molecule has 3 aromatic rings. The molecule has 1 N–H and O–H groups in total. The second kappa shape index (κ2) is 9.55. The molecule has 0 spiro atoms. The first-order chi connectivity index (χ1) is 16.4. The van der Waals surface area contributed by atoms with E-state index >= 15 is 0 Å². The minimum absolute atomic E-state index is 0.0235. The van der Waals surface area contributed by atoms with E-state index in [2.05, 4.69) is 76.3 Å². The number of hydrogen-bond acceptors (Lipinski definition) is 4. The summed E-state index contributed by atoms with van der Waals surface area (Å²) in [6.07, 6.45) is 2.16. The van der Waals surface area contributed by atoms with Crippen molar-refractivity contribution in [3.8, 4) is 0 Å². The highest BCUT2D eigenvalue weighted by Crippen LogP contribution is 2.26. The zero-order valence-electron chi connectivity index (χ0n) is 19.7. The normalized spacial score (nSPS) is 21.1. The van der Waals surface area contributed by atoms with E-state index in [1.165, 1.54) is 27.7 Å². The van der Waals surface area contributed by atoms with Gasteiger partial charge in [-0.3, -0.25) is 9.69 Å². The number of nitrogens with one attached hydrogen (secondary N) is 1. The van der Waals surface area contributed by atoms with E-state index in [9.17, 15) is 13.2 Å². The van der Waals surface area contributed by atoms with Crippen LogP contribution in [0.2, 0.25) is 0 Å². The standard InChI is InChI=1S/C27H33N3O3S/c1-20-6-2-3-8-23(20)17-30-25(16-22-7-4-5-9-26(22)30)18-29-13-10-21(11-14-29)27(31)28-24-12-15-34(32,33)19-24/h2-9,16,21,24H,10-15,17-19H2,1H3,(H,28,31). The highest BCUT2D eigenvalue weighted by Gasteiger charge is 2.32. The lowest BCUT2D eigenvalue weighted by molar-refractivity contribution is -0.127. The van der Waals surface area contributed by atoms with Crippen molar-refractivity contribution in [3.05, 3.63) is 71.4 Å². The maximum Gasteiger partial charge on any atom is 0.223 e. The summed E-state index contributed by atoms with van der Waals surface area (Å²) in [6, 6.07) is 19.2. The lowest BCUT2D eigenvalue weighted by atomic mass is 9.95. The smallest absolute Gasteiger partial charge is 0.223 e. The van der Waals surface area contributed by atoms with Crippen molar-refractivity contribution >= 4 is 26.6 Å². The molecule has 7 heteroatoms. The van der Waals surface area contributed by atoms with Crippen molar-refractivity contribution < 1.29 is 13.2 Å². The Balaban J connectivity index is 1.25.